The first kappa shape index (κ1) is 15.8. The standard InChI is InChI=1S/C19H16O5/c1-3-16(20)24-18-14-6-4-5-7-15(14)23-19(18)17(21)12-8-10-13(22-2)11-9-12/h4-11H,3H2,1-2H3. The van der Waals surface area contributed by atoms with Gasteiger partial charge in [0.25, 0.3) is 0 Å². The molecule has 24 heavy (non-hydrogen) atoms. The molecule has 2 aromatic carbocycles. The number of methoxy groups -OCH3 is 1. The Morgan fingerprint density at radius 2 is 1.75 bits per heavy atom. The molecule has 1 aromatic heterocycles. The number of hydrogen-bond acceptors (Lipinski definition) is 5. The Morgan fingerprint density at radius 3 is 2.42 bits per heavy atom. The minimum absolute atomic E-state index is 0.0168. The smallest absolute Gasteiger partial charge is 0.311 e. The second-order valence-electron chi connectivity index (χ2n) is 5.14. The number of carbonyl (C=O) groups is 2. The summed E-state index contributed by atoms with van der Waals surface area (Å²) in [6.07, 6.45) is 0.204. The lowest BCUT2D eigenvalue weighted by Crippen LogP contribution is -2.09. The van der Waals surface area contributed by atoms with E-state index in [0.29, 0.717) is 22.3 Å². The van der Waals surface area contributed by atoms with E-state index in [-0.39, 0.29) is 23.7 Å². The zero-order valence-electron chi connectivity index (χ0n) is 13.4. The molecular weight excluding hydrogens is 308 g/mol. The third kappa shape index (κ3) is 2.88. The second-order valence-corrected chi connectivity index (χ2v) is 5.14. The Labute approximate surface area is 138 Å². The van der Waals surface area contributed by atoms with Gasteiger partial charge in [-0.15, -0.1) is 0 Å². The highest BCUT2D eigenvalue weighted by Gasteiger charge is 2.24. The Balaban J connectivity index is 2.07. The van der Waals surface area contributed by atoms with Gasteiger partial charge in [0.15, 0.2) is 5.75 Å². The van der Waals surface area contributed by atoms with Crippen molar-refractivity contribution < 1.29 is 23.5 Å². The molecule has 0 radical (unpaired) electrons. The SMILES string of the molecule is CCC(=O)Oc1c(C(=O)c2ccc(OC)cc2)oc2ccccc12. The van der Waals surface area contributed by atoms with Gasteiger partial charge in [0.2, 0.25) is 11.5 Å². The van der Waals surface area contributed by atoms with Crippen molar-refractivity contribution in [3.05, 3.63) is 59.9 Å². The molecule has 0 amide bonds. The molecule has 5 heteroatoms. The highest BCUT2D eigenvalue weighted by Crippen LogP contribution is 2.35. The molecule has 3 rings (SSSR count). The van der Waals surface area contributed by atoms with Crippen LogP contribution in [0.5, 0.6) is 11.5 Å². The van der Waals surface area contributed by atoms with E-state index >= 15 is 0 Å². The number of rotatable bonds is 5. The lowest BCUT2D eigenvalue weighted by atomic mass is 10.1. The van der Waals surface area contributed by atoms with E-state index in [2.05, 4.69) is 0 Å². The zero-order chi connectivity index (χ0) is 17.1. The number of hydrogen-bond donors (Lipinski definition) is 0. The molecule has 5 nitrogen and oxygen atoms in total. The van der Waals surface area contributed by atoms with Gasteiger partial charge in [-0.25, -0.2) is 0 Å². The van der Waals surface area contributed by atoms with Crippen LogP contribution in [0.25, 0.3) is 11.0 Å². The number of carbonyl (C=O) groups excluding carboxylic acids is 2. The van der Waals surface area contributed by atoms with Crippen LogP contribution in [-0.2, 0) is 4.79 Å². The van der Waals surface area contributed by atoms with Gasteiger partial charge in [0, 0.05) is 12.0 Å². The number of ether oxygens (including phenoxy) is 2. The first-order chi connectivity index (χ1) is 11.6. The van der Waals surface area contributed by atoms with Gasteiger partial charge in [-0.1, -0.05) is 19.1 Å². The van der Waals surface area contributed by atoms with E-state index in [0.717, 1.165) is 0 Å². The Morgan fingerprint density at radius 1 is 1.04 bits per heavy atom. The maximum Gasteiger partial charge on any atom is 0.311 e. The summed E-state index contributed by atoms with van der Waals surface area (Å²) < 4.78 is 16.1. The molecule has 0 fully saturated rings. The largest absolute Gasteiger partial charge is 0.497 e. The van der Waals surface area contributed by atoms with Crippen LogP contribution in [0.3, 0.4) is 0 Å². The Bertz CT molecular complexity index is 890. The number of ketones is 1. The number of para-hydroxylation sites is 1. The quantitative estimate of drug-likeness (QED) is 0.524. The number of fused-ring (bicyclic) bond motifs is 1. The summed E-state index contributed by atoms with van der Waals surface area (Å²) in [4.78, 5) is 24.5. The van der Waals surface area contributed by atoms with Gasteiger partial charge >= 0.3 is 5.97 Å². The first-order valence-electron chi connectivity index (χ1n) is 7.55. The van der Waals surface area contributed by atoms with E-state index in [1.165, 1.54) is 0 Å². The topological polar surface area (TPSA) is 65.7 Å². The summed E-state index contributed by atoms with van der Waals surface area (Å²) in [7, 11) is 1.55. The maximum atomic E-state index is 12.8. The van der Waals surface area contributed by atoms with E-state index < -0.39 is 5.97 Å². The third-order valence-corrected chi connectivity index (χ3v) is 3.61. The molecule has 0 saturated heterocycles. The van der Waals surface area contributed by atoms with E-state index in [9.17, 15) is 9.59 Å². The number of furan rings is 1. The van der Waals surface area contributed by atoms with Gasteiger partial charge in [-0.3, -0.25) is 9.59 Å². The molecule has 0 aliphatic carbocycles. The second kappa shape index (κ2) is 6.58. The van der Waals surface area contributed by atoms with Crippen LogP contribution in [0.2, 0.25) is 0 Å². The van der Waals surface area contributed by atoms with Gasteiger partial charge in [-0.2, -0.15) is 0 Å². The predicted octanol–water partition coefficient (Wildman–Crippen LogP) is 3.99. The highest BCUT2D eigenvalue weighted by atomic mass is 16.5. The summed E-state index contributed by atoms with van der Waals surface area (Å²) in [6.45, 7) is 1.69. The summed E-state index contributed by atoms with van der Waals surface area (Å²) in [5.74, 6) is 0.0494. The fourth-order valence-electron chi connectivity index (χ4n) is 2.33. The zero-order valence-corrected chi connectivity index (χ0v) is 13.4. The van der Waals surface area contributed by atoms with E-state index in [1.54, 1.807) is 62.6 Å². The first-order valence-corrected chi connectivity index (χ1v) is 7.55. The number of benzene rings is 2. The van der Waals surface area contributed by atoms with E-state index in [1.807, 2.05) is 0 Å². The van der Waals surface area contributed by atoms with Crippen LogP contribution in [0.15, 0.2) is 52.9 Å². The number of esters is 1. The van der Waals surface area contributed by atoms with Crippen molar-refractivity contribution in [2.45, 2.75) is 13.3 Å². The average Bonchev–Trinajstić information content (AvgIpc) is 2.99. The molecule has 0 saturated carbocycles. The van der Waals surface area contributed by atoms with Crippen molar-refractivity contribution in [2.24, 2.45) is 0 Å². The molecule has 1 heterocycles. The van der Waals surface area contributed by atoms with Crippen LogP contribution in [0, 0.1) is 0 Å². The predicted molar refractivity (Wildman–Crippen MR) is 88.6 cm³/mol. The van der Waals surface area contributed by atoms with E-state index in [4.69, 9.17) is 13.9 Å². The van der Waals surface area contributed by atoms with Crippen LogP contribution in [0.4, 0.5) is 0 Å². The molecule has 0 aliphatic rings. The van der Waals surface area contributed by atoms with Crippen molar-refractivity contribution in [1.82, 2.24) is 0 Å². The normalized spacial score (nSPS) is 10.6. The lowest BCUT2D eigenvalue weighted by Gasteiger charge is -2.04. The average molecular weight is 324 g/mol. The molecule has 0 atom stereocenters. The fourth-order valence-corrected chi connectivity index (χ4v) is 2.33. The Hall–Kier alpha value is -3.08. The minimum Gasteiger partial charge on any atom is -0.497 e. The molecule has 0 bridgehead atoms. The summed E-state index contributed by atoms with van der Waals surface area (Å²) in [5, 5.41) is 0.594. The molecular formula is C19H16O5. The van der Waals surface area contributed by atoms with Crippen LogP contribution >= 0.6 is 0 Å². The van der Waals surface area contributed by atoms with Gasteiger partial charge in [0.05, 0.1) is 12.5 Å². The van der Waals surface area contributed by atoms with Crippen LogP contribution in [0.1, 0.15) is 29.5 Å². The maximum absolute atomic E-state index is 12.8. The molecule has 0 unspecified atom stereocenters. The summed E-state index contributed by atoms with van der Waals surface area (Å²) in [6, 6.07) is 13.7. The van der Waals surface area contributed by atoms with Crippen molar-refractivity contribution in [2.75, 3.05) is 7.11 Å². The monoisotopic (exact) mass is 324 g/mol. The molecule has 0 N–H and O–H groups in total. The van der Waals surface area contributed by atoms with Crippen LogP contribution in [-0.4, -0.2) is 18.9 Å². The fraction of sp³-hybridized carbons (Fsp3) is 0.158. The minimum atomic E-state index is -0.426. The van der Waals surface area contributed by atoms with Crippen molar-refractivity contribution in [1.29, 1.82) is 0 Å². The van der Waals surface area contributed by atoms with Gasteiger partial charge in [-0.05, 0) is 36.4 Å². The van der Waals surface area contributed by atoms with Crippen molar-refractivity contribution >= 4 is 22.7 Å². The lowest BCUT2D eigenvalue weighted by molar-refractivity contribution is -0.133. The van der Waals surface area contributed by atoms with Gasteiger partial charge < -0.3 is 13.9 Å². The van der Waals surface area contributed by atoms with Crippen molar-refractivity contribution in [3.63, 3.8) is 0 Å². The molecule has 0 aliphatic heterocycles. The summed E-state index contributed by atoms with van der Waals surface area (Å²) >= 11 is 0. The highest BCUT2D eigenvalue weighted by molar-refractivity contribution is 6.12. The van der Waals surface area contributed by atoms with Gasteiger partial charge in [0.1, 0.15) is 11.3 Å². The van der Waals surface area contributed by atoms with Crippen LogP contribution < -0.4 is 9.47 Å². The Kier molecular flexibility index (Phi) is 4.33. The molecule has 3 aromatic rings. The summed E-state index contributed by atoms with van der Waals surface area (Å²) in [5.41, 5.74) is 0.914. The molecule has 0 spiro atoms. The molecule has 122 valence electrons. The third-order valence-electron chi connectivity index (χ3n) is 3.61. The van der Waals surface area contributed by atoms with Crippen molar-refractivity contribution in [3.8, 4) is 11.5 Å².